The molecule has 7 heteroatoms. The molecule has 0 bridgehead atoms. The van der Waals surface area contributed by atoms with Crippen molar-refractivity contribution in [3.8, 4) is 5.75 Å². The molecule has 0 aliphatic carbocycles. The molecule has 0 aliphatic rings. The van der Waals surface area contributed by atoms with E-state index >= 15 is 0 Å². The van der Waals surface area contributed by atoms with Crippen molar-refractivity contribution in [1.82, 2.24) is 9.78 Å². The summed E-state index contributed by atoms with van der Waals surface area (Å²) < 4.78 is 17.5. The first-order valence-electron chi connectivity index (χ1n) is 7.56. The molecule has 0 unspecified atom stereocenters. The predicted octanol–water partition coefficient (Wildman–Crippen LogP) is 3.14. The van der Waals surface area contributed by atoms with Gasteiger partial charge in [-0.1, -0.05) is 19.6 Å². The van der Waals surface area contributed by atoms with Crippen LogP contribution in [0.5, 0.6) is 5.75 Å². The smallest absolute Gasteiger partial charge is 0.340 e. The Bertz CT molecular complexity index is 691. The van der Waals surface area contributed by atoms with Gasteiger partial charge in [-0.25, -0.2) is 9.48 Å². The van der Waals surface area contributed by atoms with Crippen LogP contribution in [0, 0.1) is 0 Å². The maximum absolute atomic E-state index is 11.9. The van der Waals surface area contributed by atoms with Crippen molar-refractivity contribution < 1.29 is 19.0 Å². The molecular weight excluding hydrogens is 312 g/mol. The lowest BCUT2D eigenvalue weighted by Crippen LogP contribution is -2.22. The standard InChI is InChI=1S/C16H24N2O4Si/c1-20-14-7-6-12(16(19)21-2)15-13(14)10-18(17-15)11-22-8-9-23(3,4)5/h6-7,10H,8-9,11H2,1-5H3. The highest BCUT2D eigenvalue weighted by Gasteiger charge is 2.17. The predicted molar refractivity (Wildman–Crippen MR) is 91.7 cm³/mol. The summed E-state index contributed by atoms with van der Waals surface area (Å²) in [5, 5.41) is 5.21. The van der Waals surface area contributed by atoms with Crippen LogP contribution in [-0.4, -0.2) is 44.7 Å². The summed E-state index contributed by atoms with van der Waals surface area (Å²) in [6.45, 7) is 8.00. The van der Waals surface area contributed by atoms with E-state index in [2.05, 4.69) is 24.7 Å². The van der Waals surface area contributed by atoms with Gasteiger partial charge in [0.05, 0.1) is 25.2 Å². The highest BCUT2D eigenvalue weighted by atomic mass is 28.3. The molecule has 23 heavy (non-hydrogen) atoms. The van der Waals surface area contributed by atoms with E-state index in [0.29, 0.717) is 30.2 Å². The molecule has 0 saturated heterocycles. The number of fused-ring (bicyclic) bond motifs is 1. The zero-order chi connectivity index (χ0) is 17.0. The molecule has 0 N–H and O–H groups in total. The van der Waals surface area contributed by atoms with Gasteiger partial charge in [0.25, 0.3) is 0 Å². The minimum atomic E-state index is -1.11. The number of ether oxygens (including phenoxy) is 3. The Morgan fingerprint density at radius 1 is 1.26 bits per heavy atom. The van der Waals surface area contributed by atoms with Crippen LogP contribution in [0.3, 0.4) is 0 Å². The number of rotatable bonds is 7. The number of carbonyl (C=O) groups excluding carboxylic acids is 1. The van der Waals surface area contributed by atoms with Gasteiger partial charge in [0.2, 0.25) is 0 Å². The van der Waals surface area contributed by atoms with Gasteiger partial charge >= 0.3 is 5.97 Å². The Morgan fingerprint density at radius 2 is 2.00 bits per heavy atom. The molecule has 2 aromatic rings. The zero-order valence-corrected chi connectivity index (χ0v) is 15.4. The monoisotopic (exact) mass is 336 g/mol. The second kappa shape index (κ2) is 7.14. The first kappa shape index (κ1) is 17.5. The molecule has 126 valence electrons. The summed E-state index contributed by atoms with van der Waals surface area (Å²) >= 11 is 0. The Kier molecular flexibility index (Phi) is 5.43. The summed E-state index contributed by atoms with van der Waals surface area (Å²) in [7, 11) is 1.84. The zero-order valence-electron chi connectivity index (χ0n) is 14.4. The second-order valence-electron chi connectivity index (χ2n) is 6.59. The van der Waals surface area contributed by atoms with Crippen LogP contribution in [-0.2, 0) is 16.2 Å². The SMILES string of the molecule is COC(=O)c1ccc(OC)c2cn(COCC[Si](C)(C)C)nc12. The van der Waals surface area contributed by atoms with Crippen molar-refractivity contribution in [2.24, 2.45) is 0 Å². The molecule has 1 aromatic carbocycles. The van der Waals surface area contributed by atoms with E-state index in [1.165, 1.54) is 7.11 Å². The molecule has 0 saturated carbocycles. The van der Waals surface area contributed by atoms with Crippen LogP contribution in [0.25, 0.3) is 10.9 Å². The van der Waals surface area contributed by atoms with Gasteiger partial charge in [-0.2, -0.15) is 5.10 Å². The summed E-state index contributed by atoms with van der Waals surface area (Å²) in [5.41, 5.74) is 0.981. The summed E-state index contributed by atoms with van der Waals surface area (Å²) in [6, 6.07) is 4.51. The number of hydrogen-bond donors (Lipinski definition) is 0. The van der Waals surface area contributed by atoms with Crippen LogP contribution in [0.1, 0.15) is 10.4 Å². The molecular formula is C16H24N2O4Si. The number of esters is 1. The van der Waals surface area contributed by atoms with Crippen molar-refractivity contribution in [2.75, 3.05) is 20.8 Å². The van der Waals surface area contributed by atoms with Crippen LogP contribution in [0.2, 0.25) is 25.7 Å². The third kappa shape index (κ3) is 4.32. The number of methoxy groups -OCH3 is 2. The number of carbonyl (C=O) groups is 1. The van der Waals surface area contributed by atoms with Crippen molar-refractivity contribution in [3.63, 3.8) is 0 Å². The molecule has 1 aromatic heterocycles. The lowest BCUT2D eigenvalue weighted by molar-refractivity contribution is 0.0602. The van der Waals surface area contributed by atoms with Gasteiger partial charge < -0.3 is 14.2 Å². The fraction of sp³-hybridized carbons (Fsp3) is 0.500. The summed E-state index contributed by atoms with van der Waals surface area (Å²) in [5.74, 6) is 0.253. The van der Waals surface area contributed by atoms with Crippen LogP contribution in [0.4, 0.5) is 0 Å². The molecule has 6 nitrogen and oxygen atoms in total. The molecule has 0 amide bonds. The van der Waals surface area contributed by atoms with E-state index in [1.54, 1.807) is 23.9 Å². The Balaban J connectivity index is 2.21. The Hall–Kier alpha value is -1.86. The van der Waals surface area contributed by atoms with Gasteiger partial charge in [0.15, 0.2) is 0 Å². The van der Waals surface area contributed by atoms with E-state index in [0.717, 1.165) is 11.4 Å². The number of aromatic nitrogens is 2. The largest absolute Gasteiger partial charge is 0.496 e. The van der Waals surface area contributed by atoms with E-state index < -0.39 is 14.0 Å². The first-order valence-corrected chi connectivity index (χ1v) is 11.3. The fourth-order valence-electron chi connectivity index (χ4n) is 2.18. The normalized spacial score (nSPS) is 11.7. The molecule has 0 fully saturated rings. The fourth-order valence-corrected chi connectivity index (χ4v) is 2.94. The Morgan fingerprint density at radius 3 is 2.61 bits per heavy atom. The van der Waals surface area contributed by atoms with Crippen LogP contribution >= 0.6 is 0 Å². The lowest BCUT2D eigenvalue weighted by Gasteiger charge is -2.15. The Labute approximate surface area is 137 Å². The van der Waals surface area contributed by atoms with E-state index in [9.17, 15) is 4.79 Å². The van der Waals surface area contributed by atoms with Gasteiger partial charge in [-0.05, 0) is 18.2 Å². The average Bonchev–Trinajstić information content (AvgIpc) is 2.92. The minimum absolute atomic E-state index is 0.350. The molecule has 0 aliphatic heterocycles. The first-order chi connectivity index (χ1) is 10.9. The van der Waals surface area contributed by atoms with Gasteiger partial charge in [0, 0.05) is 20.9 Å². The van der Waals surface area contributed by atoms with Gasteiger partial charge in [-0.3, -0.25) is 0 Å². The van der Waals surface area contributed by atoms with Gasteiger partial charge in [-0.15, -0.1) is 0 Å². The highest BCUT2D eigenvalue weighted by molar-refractivity contribution is 6.76. The molecule has 2 rings (SSSR count). The number of benzene rings is 1. The maximum atomic E-state index is 11.9. The minimum Gasteiger partial charge on any atom is -0.496 e. The maximum Gasteiger partial charge on any atom is 0.340 e. The van der Waals surface area contributed by atoms with Crippen LogP contribution in [0.15, 0.2) is 18.3 Å². The van der Waals surface area contributed by atoms with E-state index in [1.807, 2.05) is 6.20 Å². The second-order valence-corrected chi connectivity index (χ2v) is 12.2. The molecule has 1 heterocycles. The topological polar surface area (TPSA) is 62.6 Å². The van der Waals surface area contributed by atoms with Crippen molar-refractivity contribution in [1.29, 1.82) is 0 Å². The van der Waals surface area contributed by atoms with Crippen LogP contribution < -0.4 is 4.74 Å². The van der Waals surface area contributed by atoms with E-state index in [-0.39, 0.29) is 0 Å². The summed E-state index contributed by atoms with van der Waals surface area (Å²) in [6.07, 6.45) is 1.83. The summed E-state index contributed by atoms with van der Waals surface area (Å²) in [4.78, 5) is 11.9. The molecule has 0 spiro atoms. The molecule has 0 atom stereocenters. The van der Waals surface area contributed by atoms with Gasteiger partial charge in [0.1, 0.15) is 18.0 Å². The average molecular weight is 336 g/mol. The molecule has 0 radical (unpaired) electrons. The number of nitrogens with zero attached hydrogens (tertiary/aromatic N) is 2. The van der Waals surface area contributed by atoms with Crippen molar-refractivity contribution in [2.45, 2.75) is 32.4 Å². The lowest BCUT2D eigenvalue weighted by atomic mass is 10.1. The third-order valence-electron chi connectivity index (χ3n) is 3.53. The number of hydrogen-bond acceptors (Lipinski definition) is 5. The van der Waals surface area contributed by atoms with Crippen molar-refractivity contribution in [3.05, 3.63) is 23.9 Å². The quantitative estimate of drug-likeness (QED) is 0.441. The highest BCUT2D eigenvalue weighted by Crippen LogP contribution is 2.28. The van der Waals surface area contributed by atoms with E-state index in [4.69, 9.17) is 14.2 Å². The third-order valence-corrected chi connectivity index (χ3v) is 5.23. The van der Waals surface area contributed by atoms with Crippen molar-refractivity contribution >= 4 is 24.9 Å².